The number of carbonyl (C=O) groups is 1. The number of benzene rings is 1. The van der Waals surface area contributed by atoms with Crippen molar-refractivity contribution in [1.82, 2.24) is 30.4 Å². The quantitative estimate of drug-likeness (QED) is 0.380. The molecule has 3 aliphatic rings. The number of hydrogen-bond donors (Lipinski definition) is 1. The third-order valence-electron chi connectivity index (χ3n) is 8.37. The standard InChI is InChI=1S/C30H36FN7O3.C2H6/c1-5-38(18(2)3)29(39)22-11-20(31)6-7-25(22)41-28-27(34-17-35-36-28)37-15-30(16-37)12-21(13-30)40-26-8-9-32-24-10-19(4)33-14-23(24)26;1-2/h6-9,11,17-19,21,33H,5,10,12-16H2,1-4H3;1-2H3. The first-order chi connectivity index (χ1) is 20.7. The number of amides is 1. The second-order valence-electron chi connectivity index (χ2n) is 11.7. The molecule has 1 unspecified atom stereocenters. The molecule has 11 heteroatoms. The van der Waals surface area contributed by atoms with Crippen molar-refractivity contribution in [1.29, 1.82) is 0 Å². The number of hydrogen-bond acceptors (Lipinski definition) is 9. The summed E-state index contributed by atoms with van der Waals surface area (Å²) >= 11 is 0. The summed E-state index contributed by atoms with van der Waals surface area (Å²) in [5, 5.41) is 11.6. The lowest BCUT2D eigenvalue weighted by Gasteiger charge is -2.58. The zero-order chi connectivity index (χ0) is 30.7. The SMILES string of the molecule is CC.CCN(C(=O)c1cc(F)ccc1Oc1nncnc1N1CC2(CC(Oc3ccnc4c3CNC(C)C4)C2)C1)C(C)C. The van der Waals surface area contributed by atoms with E-state index in [-0.39, 0.29) is 40.7 Å². The van der Waals surface area contributed by atoms with E-state index >= 15 is 0 Å². The van der Waals surface area contributed by atoms with Gasteiger partial charge in [0.1, 0.15) is 29.7 Å². The second kappa shape index (κ2) is 12.8. The normalized spacial score (nSPS) is 18.6. The fourth-order valence-electron chi connectivity index (χ4n) is 6.27. The van der Waals surface area contributed by atoms with Crippen LogP contribution >= 0.6 is 0 Å². The van der Waals surface area contributed by atoms with Gasteiger partial charge in [-0.2, -0.15) is 0 Å². The Morgan fingerprint density at radius 2 is 1.95 bits per heavy atom. The van der Waals surface area contributed by atoms with Gasteiger partial charge in [0.05, 0.1) is 11.3 Å². The van der Waals surface area contributed by atoms with Gasteiger partial charge in [-0.25, -0.2) is 9.37 Å². The van der Waals surface area contributed by atoms with Gasteiger partial charge in [-0.3, -0.25) is 9.78 Å². The first kappa shape index (κ1) is 30.6. The molecule has 6 rings (SSSR count). The van der Waals surface area contributed by atoms with E-state index in [0.29, 0.717) is 18.4 Å². The molecule has 1 N–H and O–H groups in total. The van der Waals surface area contributed by atoms with Gasteiger partial charge in [0, 0.05) is 61.9 Å². The van der Waals surface area contributed by atoms with Crippen molar-refractivity contribution in [2.75, 3.05) is 24.5 Å². The van der Waals surface area contributed by atoms with Gasteiger partial charge >= 0.3 is 0 Å². The molecule has 1 saturated carbocycles. The smallest absolute Gasteiger partial charge is 0.282 e. The zero-order valence-corrected chi connectivity index (χ0v) is 25.9. The van der Waals surface area contributed by atoms with Gasteiger partial charge in [0.25, 0.3) is 11.8 Å². The van der Waals surface area contributed by atoms with Crippen molar-refractivity contribution < 1.29 is 18.7 Å². The fourth-order valence-corrected chi connectivity index (χ4v) is 6.27. The highest BCUT2D eigenvalue weighted by molar-refractivity contribution is 5.97. The Kier molecular flexibility index (Phi) is 9.10. The minimum absolute atomic E-state index is 0.0470. The summed E-state index contributed by atoms with van der Waals surface area (Å²) in [6.07, 6.45) is 6.22. The van der Waals surface area contributed by atoms with Gasteiger partial charge in [-0.1, -0.05) is 13.8 Å². The van der Waals surface area contributed by atoms with Gasteiger partial charge in [-0.05, 0) is 64.8 Å². The number of carbonyl (C=O) groups excluding carboxylic acids is 1. The van der Waals surface area contributed by atoms with E-state index in [1.165, 1.54) is 30.1 Å². The lowest BCUT2D eigenvalue weighted by molar-refractivity contribution is -0.0350. The molecule has 2 aliphatic heterocycles. The van der Waals surface area contributed by atoms with Crippen LogP contribution in [0.1, 0.15) is 76.0 Å². The van der Waals surface area contributed by atoms with E-state index in [1.54, 1.807) is 4.90 Å². The summed E-state index contributed by atoms with van der Waals surface area (Å²) in [7, 11) is 0. The lowest BCUT2D eigenvalue weighted by Crippen LogP contribution is -2.65. The van der Waals surface area contributed by atoms with Gasteiger partial charge < -0.3 is 24.6 Å². The van der Waals surface area contributed by atoms with E-state index < -0.39 is 5.82 Å². The Hall–Kier alpha value is -3.86. The maximum Gasteiger partial charge on any atom is 0.282 e. The average molecular weight is 592 g/mol. The molecular formula is C32H42FN7O3. The molecule has 3 aromatic rings. The number of fused-ring (bicyclic) bond motifs is 1. The maximum atomic E-state index is 14.2. The Labute approximate surface area is 253 Å². The highest BCUT2D eigenvalue weighted by Gasteiger charge is 2.54. The van der Waals surface area contributed by atoms with Crippen molar-refractivity contribution in [3.8, 4) is 17.4 Å². The monoisotopic (exact) mass is 591 g/mol. The van der Waals surface area contributed by atoms with Crippen LogP contribution < -0.4 is 19.7 Å². The number of aromatic nitrogens is 4. The van der Waals surface area contributed by atoms with Crippen molar-refractivity contribution in [2.24, 2.45) is 5.41 Å². The van der Waals surface area contributed by atoms with Crippen LogP contribution in [0, 0.1) is 11.2 Å². The predicted molar refractivity (Wildman–Crippen MR) is 162 cm³/mol. The first-order valence-corrected chi connectivity index (χ1v) is 15.3. The van der Waals surface area contributed by atoms with Crippen LogP contribution in [0.15, 0.2) is 36.8 Å². The summed E-state index contributed by atoms with van der Waals surface area (Å²) in [6.45, 7) is 14.8. The van der Waals surface area contributed by atoms with Crippen molar-refractivity contribution in [3.63, 3.8) is 0 Å². The van der Waals surface area contributed by atoms with E-state index in [9.17, 15) is 9.18 Å². The summed E-state index contributed by atoms with van der Waals surface area (Å²) in [5.74, 6) is 1.08. The molecule has 1 amide bonds. The highest BCUT2D eigenvalue weighted by atomic mass is 19.1. The Bertz CT molecular complexity index is 1440. The summed E-state index contributed by atoms with van der Waals surface area (Å²) in [5.41, 5.74) is 2.59. The molecule has 43 heavy (non-hydrogen) atoms. The van der Waals surface area contributed by atoms with Crippen LogP contribution in [-0.4, -0.2) is 68.8 Å². The largest absolute Gasteiger partial charge is 0.490 e. The molecule has 1 atom stereocenters. The van der Waals surface area contributed by atoms with Gasteiger partial charge in [-0.15, -0.1) is 10.2 Å². The molecule has 1 aliphatic carbocycles. The minimum Gasteiger partial charge on any atom is -0.490 e. The van der Waals surface area contributed by atoms with E-state index in [2.05, 4.69) is 37.3 Å². The van der Waals surface area contributed by atoms with Crippen molar-refractivity contribution in [3.05, 3.63) is 59.4 Å². The fraction of sp³-hybridized carbons (Fsp3) is 0.531. The van der Waals surface area contributed by atoms with E-state index in [4.69, 9.17) is 9.47 Å². The predicted octanol–water partition coefficient (Wildman–Crippen LogP) is 5.18. The molecule has 230 valence electrons. The van der Waals surface area contributed by atoms with Crippen LogP contribution in [0.4, 0.5) is 10.2 Å². The first-order valence-electron chi connectivity index (χ1n) is 15.3. The second-order valence-corrected chi connectivity index (χ2v) is 11.7. The third kappa shape index (κ3) is 6.27. The number of nitrogens with one attached hydrogen (secondary N) is 1. The maximum absolute atomic E-state index is 14.2. The molecule has 1 saturated heterocycles. The van der Waals surface area contributed by atoms with Crippen LogP contribution in [-0.2, 0) is 13.0 Å². The number of pyridine rings is 1. The van der Waals surface area contributed by atoms with Crippen molar-refractivity contribution in [2.45, 2.75) is 85.5 Å². The topological polar surface area (TPSA) is 106 Å². The number of ether oxygens (including phenoxy) is 2. The Balaban J connectivity index is 0.00000180. The van der Waals surface area contributed by atoms with Gasteiger partial charge in [0.2, 0.25) is 0 Å². The molecule has 4 heterocycles. The molecule has 0 bridgehead atoms. The number of rotatable bonds is 8. The molecule has 10 nitrogen and oxygen atoms in total. The van der Waals surface area contributed by atoms with Gasteiger partial charge in [0.15, 0.2) is 5.82 Å². The van der Waals surface area contributed by atoms with Crippen molar-refractivity contribution >= 4 is 11.7 Å². The highest BCUT2D eigenvalue weighted by Crippen LogP contribution is 2.52. The molecule has 0 radical (unpaired) electrons. The summed E-state index contributed by atoms with van der Waals surface area (Å²) < 4.78 is 26.7. The van der Waals surface area contributed by atoms with Crippen LogP contribution in [0.3, 0.4) is 0 Å². The van der Waals surface area contributed by atoms with Crippen LogP contribution in [0.25, 0.3) is 0 Å². The average Bonchev–Trinajstić information content (AvgIpc) is 2.96. The van der Waals surface area contributed by atoms with E-state index in [1.807, 2.05) is 46.9 Å². The summed E-state index contributed by atoms with van der Waals surface area (Å²) in [4.78, 5) is 26.0. The number of nitrogens with zero attached hydrogens (tertiary/aromatic N) is 6. The molecule has 2 fully saturated rings. The number of anilines is 1. The Morgan fingerprint density at radius 1 is 1.19 bits per heavy atom. The number of halogens is 1. The zero-order valence-electron chi connectivity index (χ0n) is 25.9. The molecular weight excluding hydrogens is 549 g/mol. The lowest BCUT2D eigenvalue weighted by atomic mass is 9.61. The van der Waals surface area contributed by atoms with Crippen LogP contribution in [0.5, 0.6) is 17.4 Å². The van der Waals surface area contributed by atoms with E-state index in [0.717, 1.165) is 50.3 Å². The Morgan fingerprint density at radius 3 is 2.67 bits per heavy atom. The van der Waals surface area contributed by atoms with Crippen LogP contribution in [0.2, 0.25) is 0 Å². The third-order valence-corrected chi connectivity index (χ3v) is 8.37. The molecule has 1 spiro atoms. The molecule has 2 aromatic heterocycles. The molecule has 1 aromatic carbocycles. The summed E-state index contributed by atoms with van der Waals surface area (Å²) in [6, 6.07) is 6.27. The minimum atomic E-state index is -0.512.